The smallest absolute Gasteiger partial charge is 0.407 e. The minimum absolute atomic E-state index is 0.109. The average Bonchev–Trinajstić information content (AvgIpc) is 3.55. The van der Waals surface area contributed by atoms with Gasteiger partial charge in [0.05, 0.1) is 24.9 Å². The molecule has 3 heterocycles. The molecule has 2 aromatic carbocycles. The van der Waals surface area contributed by atoms with E-state index in [1.54, 1.807) is 33.4 Å². The van der Waals surface area contributed by atoms with E-state index in [-0.39, 0.29) is 25.5 Å². The maximum Gasteiger partial charge on any atom is 0.407 e. The summed E-state index contributed by atoms with van der Waals surface area (Å²) in [5.74, 6) is -0.911. The molecule has 14 heteroatoms. The number of benzene rings is 2. The van der Waals surface area contributed by atoms with Crippen LogP contribution in [-0.2, 0) is 33.8 Å². The summed E-state index contributed by atoms with van der Waals surface area (Å²) in [4.78, 5) is 67.0. The predicted octanol–water partition coefficient (Wildman–Crippen LogP) is 5.50. The Labute approximate surface area is 353 Å². The first-order chi connectivity index (χ1) is 28.4. The fourth-order valence-corrected chi connectivity index (χ4v) is 7.38. The largest absolute Gasteiger partial charge is 0.453 e. The molecule has 14 nitrogen and oxygen atoms in total. The average molecular weight is 821 g/mol. The Balaban J connectivity index is 1.42. The number of ether oxygens (including phenoxy) is 1. The van der Waals surface area contributed by atoms with Crippen LogP contribution in [0.25, 0.3) is 11.3 Å². The third-order valence-electron chi connectivity index (χ3n) is 10.6. The van der Waals surface area contributed by atoms with Crippen molar-refractivity contribution in [2.45, 2.75) is 92.2 Å². The molecule has 0 aliphatic carbocycles. The molecule has 1 saturated heterocycles. The molecular weight excluding hydrogens is 761 g/mol. The molecule has 4 unspecified atom stereocenters. The number of aryl methyl sites for hydroxylation is 1. The Morgan fingerprint density at radius 2 is 1.55 bits per heavy atom. The molecule has 4 N–H and O–H groups in total. The van der Waals surface area contributed by atoms with Gasteiger partial charge in [-0.25, -0.2) is 14.6 Å². The number of aliphatic hydroxyl groups is 1. The molecule has 1 aliphatic heterocycles. The van der Waals surface area contributed by atoms with E-state index in [4.69, 9.17) is 4.74 Å². The molecule has 4 aromatic rings. The summed E-state index contributed by atoms with van der Waals surface area (Å²) in [5, 5.41) is 19.6. The molecule has 1 fully saturated rings. The Bertz CT molecular complexity index is 2050. The minimum Gasteiger partial charge on any atom is -0.453 e. The molecule has 1 aliphatic rings. The number of carbonyl (C=O) groups excluding carboxylic acids is 4. The lowest BCUT2D eigenvalue weighted by Gasteiger charge is -2.38. The molecule has 0 saturated carbocycles. The molecule has 0 bridgehead atoms. The molecule has 0 spiro atoms. The van der Waals surface area contributed by atoms with Crippen molar-refractivity contribution in [2.24, 2.45) is 10.8 Å². The quantitative estimate of drug-likeness (QED) is 0.107. The SMILES string of the molecule is COC(=O)NC(C(=O)NN(Cc1ccc(-c2ccccn2)cc1)CC(O)C(Cc1ccccc1)NC(=O)C(N1CCN(Cc2cnccc2C)C1=O)C(C)(C)C)C(C)(C)C. The summed E-state index contributed by atoms with van der Waals surface area (Å²) < 4.78 is 4.83. The number of nitrogens with zero attached hydrogens (tertiary/aromatic N) is 5. The highest BCUT2D eigenvalue weighted by Crippen LogP contribution is 2.29. The van der Waals surface area contributed by atoms with Crippen LogP contribution in [0.1, 0.15) is 63.8 Å². The second-order valence-corrected chi connectivity index (χ2v) is 17.5. The minimum atomic E-state index is -1.22. The molecule has 320 valence electrons. The van der Waals surface area contributed by atoms with Crippen LogP contribution in [0.4, 0.5) is 9.59 Å². The Morgan fingerprint density at radius 1 is 0.850 bits per heavy atom. The summed E-state index contributed by atoms with van der Waals surface area (Å²) in [6.07, 6.45) is 3.50. The normalized spacial score (nSPS) is 15.3. The number of rotatable bonds is 16. The van der Waals surface area contributed by atoms with Crippen molar-refractivity contribution in [1.29, 1.82) is 0 Å². The third-order valence-corrected chi connectivity index (χ3v) is 10.6. The number of hydrogen-bond acceptors (Lipinski definition) is 9. The van der Waals surface area contributed by atoms with Crippen molar-refractivity contribution in [3.8, 4) is 11.3 Å². The summed E-state index contributed by atoms with van der Waals surface area (Å²) in [6, 6.07) is 21.9. The van der Waals surface area contributed by atoms with E-state index in [1.165, 1.54) is 7.11 Å². The zero-order valence-electron chi connectivity index (χ0n) is 36.0. The number of amides is 5. The molecule has 2 aromatic heterocycles. The van der Waals surface area contributed by atoms with Crippen LogP contribution < -0.4 is 16.1 Å². The molecule has 4 atom stereocenters. The number of aliphatic hydroxyl groups excluding tert-OH is 1. The van der Waals surface area contributed by atoms with Crippen LogP contribution in [0.2, 0.25) is 0 Å². The molecular formula is C46H60N8O6. The van der Waals surface area contributed by atoms with Crippen LogP contribution >= 0.6 is 0 Å². The summed E-state index contributed by atoms with van der Waals surface area (Å²) in [6.45, 7) is 14.5. The van der Waals surface area contributed by atoms with Gasteiger partial charge in [0.15, 0.2) is 0 Å². The van der Waals surface area contributed by atoms with E-state index in [9.17, 15) is 24.3 Å². The van der Waals surface area contributed by atoms with Crippen molar-refractivity contribution in [1.82, 2.24) is 40.8 Å². The lowest BCUT2D eigenvalue weighted by Crippen LogP contribution is -2.61. The van der Waals surface area contributed by atoms with Gasteiger partial charge >= 0.3 is 12.1 Å². The van der Waals surface area contributed by atoms with Crippen molar-refractivity contribution >= 4 is 23.9 Å². The molecule has 0 radical (unpaired) electrons. The van der Waals surface area contributed by atoms with Gasteiger partial charge in [0, 0.05) is 56.9 Å². The number of methoxy groups -OCH3 is 1. The van der Waals surface area contributed by atoms with E-state index in [0.717, 1.165) is 33.5 Å². The lowest BCUT2D eigenvalue weighted by atomic mass is 9.84. The zero-order valence-corrected chi connectivity index (χ0v) is 36.0. The van der Waals surface area contributed by atoms with Gasteiger partial charge in [0.2, 0.25) is 5.91 Å². The summed E-state index contributed by atoms with van der Waals surface area (Å²) >= 11 is 0. The number of pyridine rings is 2. The zero-order chi connectivity index (χ0) is 43.6. The van der Waals surface area contributed by atoms with E-state index in [2.05, 4.69) is 26.0 Å². The molecule has 60 heavy (non-hydrogen) atoms. The Kier molecular flexibility index (Phi) is 15.0. The fraction of sp³-hybridized carbons (Fsp3) is 0.435. The maximum absolute atomic E-state index is 14.6. The number of aromatic nitrogens is 2. The third kappa shape index (κ3) is 12.1. The predicted molar refractivity (Wildman–Crippen MR) is 230 cm³/mol. The van der Waals surface area contributed by atoms with Gasteiger partial charge in [0.25, 0.3) is 5.91 Å². The van der Waals surface area contributed by atoms with Gasteiger partial charge < -0.3 is 30.3 Å². The number of hydrogen-bond donors (Lipinski definition) is 4. The van der Waals surface area contributed by atoms with Gasteiger partial charge in [-0.15, -0.1) is 0 Å². The van der Waals surface area contributed by atoms with E-state index in [0.29, 0.717) is 19.6 Å². The second-order valence-electron chi connectivity index (χ2n) is 17.5. The van der Waals surface area contributed by atoms with Gasteiger partial charge in [-0.05, 0) is 64.6 Å². The number of urea groups is 1. The van der Waals surface area contributed by atoms with E-state index in [1.807, 2.05) is 127 Å². The number of carbonyl (C=O) groups is 4. The summed E-state index contributed by atoms with van der Waals surface area (Å²) in [7, 11) is 1.23. The Morgan fingerprint density at radius 3 is 2.17 bits per heavy atom. The van der Waals surface area contributed by atoms with Crippen LogP contribution in [0, 0.1) is 17.8 Å². The standard InChI is InChI=1S/C46H60N8O6/c1-31-21-23-47-27-35(31)29-52-24-25-54(44(52)59)40(46(5,6)7)42(57)49-37(26-32-14-10-9-11-15-32)38(55)30-53(51-41(56)39(45(2,3)4)50-43(58)60-8)28-33-17-19-34(20-18-33)36-16-12-13-22-48-36/h9-23,27,37-40,55H,24-26,28-30H2,1-8H3,(H,49,57)(H,50,58)(H,51,56). The van der Waals surface area contributed by atoms with E-state index >= 15 is 0 Å². The van der Waals surface area contributed by atoms with Gasteiger partial charge in [-0.3, -0.25) is 25.0 Å². The van der Waals surface area contributed by atoms with Crippen molar-refractivity contribution in [2.75, 3.05) is 26.7 Å². The maximum atomic E-state index is 14.6. The van der Waals surface area contributed by atoms with Gasteiger partial charge in [-0.1, -0.05) is 102 Å². The highest BCUT2D eigenvalue weighted by molar-refractivity contribution is 5.89. The number of hydrazine groups is 1. The second kappa shape index (κ2) is 19.9. The lowest BCUT2D eigenvalue weighted by molar-refractivity contribution is -0.133. The Hall–Kier alpha value is -5.86. The molecule has 5 amide bonds. The first-order valence-electron chi connectivity index (χ1n) is 20.3. The number of alkyl carbamates (subject to hydrolysis) is 1. The fourth-order valence-electron chi connectivity index (χ4n) is 7.38. The topological polar surface area (TPSA) is 169 Å². The van der Waals surface area contributed by atoms with Crippen LogP contribution in [-0.4, -0.2) is 105 Å². The van der Waals surface area contributed by atoms with Gasteiger partial charge in [0.1, 0.15) is 12.1 Å². The monoisotopic (exact) mass is 820 g/mol. The van der Waals surface area contributed by atoms with Crippen LogP contribution in [0.15, 0.2) is 97.5 Å². The van der Waals surface area contributed by atoms with Crippen molar-refractivity contribution in [3.05, 3.63) is 120 Å². The van der Waals surface area contributed by atoms with E-state index < -0.39 is 53.0 Å². The van der Waals surface area contributed by atoms with Gasteiger partial charge in [-0.2, -0.15) is 0 Å². The van der Waals surface area contributed by atoms with Crippen molar-refractivity contribution in [3.63, 3.8) is 0 Å². The number of nitrogens with one attached hydrogen (secondary N) is 3. The first kappa shape index (κ1) is 45.2. The van der Waals surface area contributed by atoms with Crippen LogP contribution in [0.3, 0.4) is 0 Å². The molecule has 5 rings (SSSR count). The van der Waals surface area contributed by atoms with Crippen LogP contribution in [0.5, 0.6) is 0 Å². The van der Waals surface area contributed by atoms with Crippen molar-refractivity contribution < 1.29 is 29.0 Å². The highest BCUT2D eigenvalue weighted by atomic mass is 16.5. The highest BCUT2D eigenvalue weighted by Gasteiger charge is 2.44. The summed E-state index contributed by atoms with van der Waals surface area (Å²) in [5.41, 5.74) is 6.96. The first-order valence-corrected chi connectivity index (χ1v) is 20.3.